The van der Waals surface area contributed by atoms with Crippen molar-refractivity contribution in [3.05, 3.63) is 0 Å². The van der Waals surface area contributed by atoms with Crippen LogP contribution in [0.15, 0.2) is 0 Å². The van der Waals surface area contributed by atoms with E-state index in [1.54, 1.807) is 0 Å². The summed E-state index contributed by atoms with van der Waals surface area (Å²) in [7, 11) is 0. The maximum Gasteiger partial charge on any atom is 0.313 e. The Morgan fingerprint density at radius 3 is 2.05 bits per heavy atom. The second-order valence-corrected chi connectivity index (χ2v) is 8.03. The molecule has 4 bridgehead atoms. The van der Waals surface area contributed by atoms with E-state index in [4.69, 9.17) is 9.47 Å². The highest BCUT2D eigenvalue weighted by atomic mass is 16.7. The van der Waals surface area contributed by atoms with Gasteiger partial charge in [0.15, 0.2) is 6.79 Å². The first-order chi connectivity index (χ1) is 9.42. The highest BCUT2D eigenvalue weighted by Gasteiger charge is 2.51. The van der Waals surface area contributed by atoms with Crippen LogP contribution in [0.25, 0.3) is 0 Å². The first-order valence-corrected chi connectivity index (χ1v) is 8.24. The van der Waals surface area contributed by atoms with Crippen molar-refractivity contribution < 1.29 is 14.3 Å². The summed E-state index contributed by atoms with van der Waals surface area (Å²) in [4.78, 5) is 12.0. The van der Waals surface area contributed by atoms with Crippen LogP contribution >= 0.6 is 0 Å². The second kappa shape index (κ2) is 5.01. The molecule has 0 aromatic heterocycles. The minimum Gasteiger partial charge on any atom is -0.438 e. The summed E-state index contributed by atoms with van der Waals surface area (Å²) in [5.41, 5.74) is -0.365. The van der Waals surface area contributed by atoms with Gasteiger partial charge in [-0.15, -0.1) is 0 Å². The Labute approximate surface area is 122 Å². The highest BCUT2D eigenvalue weighted by molar-refractivity contribution is 5.75. The molecule has 0 saturated heterocycles. The summed E-state index contributed by atoms with van der Waals surface area (Å²) in [6.45, 7) is 6.02. The molecule has 0 atom stereocenters. The molecule has 4 saturated carbocycles. The number of ether oxygens (including phenoxy) is 2. The molecule has 0 radical (unpaired) electrons. The minimum atomic E-state index is -0.398. The topological polar surface area (TPSA) is 35.5 Å². The molecule has 0 aromatic carbocycles. The van der Waals surface area contributed by atoms with E-state index in [1.165, 1.54) is 38.5 Å². The summed E-state index contributed by atoms with van der Waals surface area (Å²) in [5.74, 6) is 2.46. The molecule has 4 aliphatic rings. The lowest BCUT2D eigenvalue weighted by molar-refractivity contribution is -0.214. The number of carbonyl (C=O) groups excluding carboxylic acids is 1. The van der Waals surface area contributed by atoms with E-state index in [1.807, 2.05) is 20.8 Å². The van der Waals surface area contributed by atoms with Gasteiger partial charge in [-0.25, -0.2) is 0 Å². The van der Waals surface area contributed by atoms with Crippen LogP contribution in [0.1, 0.15) is 65.7 Å². The smallest absolute Gasteiger partial charge is 0.313 e. The van der Waals surface area contributed by atoms with Crippen LogP contribution in [0, 0.1) is 23.2 Å². The van der Waals surface area contributed by atoms with E-state index < -0.39 is 5.41 Å². The van der Waals surface area contributed by atoms with Crippen molar-refractivity contribution in [2.75, 3.05) is 6.79 Å². The molecule has 3 heteroatoms. The lowest BCUT2D eigenvalue weighted by atomic mass is 9.54. The van der Waals surface area contributed by atoms with E-state index in [-0.39, 0.29) is 18.4 Å². The molecule has 3 nitrogen and oxygen atoms in total. The Balaban J connectivity index is 1.53. The summed E-state index contributed by atoms with van der Waals surface area (Å²) in [6, 6.07) is 0. The van der Waals surface area contributed by atoms with Gasteiger partial charge in [-0.05, 0) is 76.5 Å². The maximum absolute atomic E-state index is 12.0. The molecule has 20 heavy (non-hydrogen) atoms. The molecular formula is C17H28O3. The van der Waals surface area contributed by atoms with Crippen molar-refractivity contribution in [3.8, 4) is 0 Å². The van der Waals surface area contributed by atoms with Crippen molar-refractivity contribution in [1.29, 1.82) is 0 Å². The lowest BCUT2D eigenvalue weighted by Gasteiger charge is -2.56. The fourth-order valence-electron chi connectivity index (χ4n) is 4.76. The zero-order chi connectivity index (χ0) is 14.4. The Morgan fingerprint density at radius 1 is 1.10 bits per heavy atom. The van der Waals surface area contributed by atoms with Crippen LogP contribution in [0.4, 0.5) is 0 Å². The first-order valence-electron chi connectivity index (χ1n) is 8.24. The van der Waals surface area contributed by atoms with Crippen LogP contribution in [0.3, 0.4) is 0 Å². The number of hydrogen-bond acceptors (Lipinski definition) is 3. The van der Waals surface area contributed by atoms with Crippen molar-refractivity contribution in [2.24, 2.45) is 23.2 Å². The predicted molar refractivity (Wildman–Crippen MR) is 77.0 cm³/mol. The van der Waals surface area contributed by atoms with E-state index in [9.17, 15) is 4.79 Å². The van der Waals surface area contributed by atoms with Gasteiger partial charge >= 0.3 is 5.97 Å². The van der Waals surface area contributed by atoms with Gasteiger partial charge in [0.05, 0.1) is 11.0 Å². The van der Waals surface area contributed by atoms with Gasteiger partial charge < -0.3 is 9.47 Å². The van der Waals surface area contributed by atoms with E-state index in [0.29, 0.717) is 0 Å². The van der Waals surface area contributed by atoms with Crippen molar-refractivity contribution in [3.63, 3.8) is 0 Å². The first kappa shape index (κ1) is 14.4. The Kier molecular flexibility index (Phi) is 3.60. The molecule has 0 spiro atoms. The van der Waals surface area contributed by atoms with Crippen LogP contribution < -0.4 is 0 Å². The molecule has 4 rings (SSSR count). The predicted octanol–water partition coefficient (Wildman–Crippen LogP) is 3.91. The summed E-state index contributed by atoms with van der Waals surface area (Å²) in [6.07, 6.45) is 8.58. The fourth-order valence-corrected chi connectivity index (χ4v) is 4.76. The molecule has 0 N–H and O–H groups in total. The van der Waals surface area contributed by atoms with E-state index in [2.05, 4.69) is 0 Å². The van der Waals surface area contributed by atoms with Gasteiger partial charge in [0.1, 0.15) is 0 Å². The van der Waals surface area contributed by atoms with Crippen LogP contribution in [-0.4, -0.2) is 18.4 Å². The number of esters is 1. The van der Waals surface area contributed by atoms with Crippen molar-refractivity contribution >= 4 is 5.97 Å². The van der Waals surface area contributed by atoms with E-state index >= 15 is 0 Å². The Bertz CT molecular complexity index is 350. The minimum absolute atomic E-state index is 0.0331. The third-order valence-electron chi connectivity index (χ3n) is 5.97. The molecule has 0 aliphatic heterocycles. The SMILES string of the molecule is CCC(C)(C)C(=O)OCOC12CC3CC(CC(C3)C1)C2. The van der Waals surface area contributed by atoms with Gasteiger partial charge in [0.25, 0.3) is 0 Å². The Hall–Kier alpha value is -0.570. The molecule has 4 fully saturated rings. The van der Waals surface area contributed by atoms with E-state index in [0.717, 1.165) is 24.2 Å². The molecule has 0 aromatic rings. The number of rotatable bonds is 5. The summed E-state index contributed by atoms with van der Waals surface area (Å²) in [5, 5.41) is 0. The van der Waals surface area contributed by atoms with Gasteiger partial charge in [-0.2, -0.15) is 0 Å². The lowest BCUT2D eigenvalue weighted by Crippen LogP contribution is -2.52. The average Bonchev–Trinajstić information content (AvgIpc) is 2.36. The van der Waals surface area contributed by atoms with Crippen LogP contribution in [0.2, 0.25) is 0 Å². The third kappa shape index (κ3) is 2.61. The maximum atomic E-state index is 12.0. The number of carbonyl (C=O) groups is 1. The third-order valence-corrected chi connectivity index (χ3v) is 5.97. The zero-order valence-corrected chi connectivity index (χ0v) is 13.1. The quantitative estimate of drug-likeness (QED) is 0.566. The number of hydrogen-bond donors (Lipinski definition) is 0. The van der Waals surface area contributed by atoms with Crippen LogP contribution in [-0.2, 0) is 14.3 Å². The van der Waals surface area contributed by atoms with Gasteiger partial charge in [-0.3, -0.25) is 4.79 Å². The van der Waals surface area contributed by atoms with Gasteiger partial charge in [0.2, 0.25) is 0 Å². The summed E-state index contributed by atoms with van der Waals surface area (Å²) >= 11 is 0. The zero-order valence-electron chi connectivity index (χ0n) is 13.1. The Morgan fingerprint density at radius 2 is 1.60 bits per heavy atom. The summed E-state index contributed by atoms with van der Waals surface area (Å²) < 4.78 is 11.5. The molecule has 0 amide bonds. The average molecular weight is 280 g/mol. The fraction of sp³-hybridized carbons (Fsp3) is 0.941. The van der Waals surface area contributed by atoms with Gasteiger partial charge in [0, 0.05) is 0 Å². The second-order valence-electron chi connectivity index (χ2n) is 8.03. The molecule has 4 aliphatic carbocycles. The standard InChI is InChI=1S/C17H28O3/c1-4-16(2,3)15(18)19-11-20-17-8-12-5-13(9-17)7-14(6-12)10-17/h12-14H,4-11H2,1-3H3. The molecular weight excluding hydrogens is 252 g/mol. The van der Waals surface area contributed by atoms with Crippen molar-refractivity contribution in [1.82, 2.24) is 0 Å². The molecule has 114 valence electrons. The van der Waals surface area contributed by atoms with Crippen molar-refractivity contribution in [2.45, 2.75) is 71.3 Å². The van der Waals surface area contributed by atoms with Gasteiger partial charge in [-0.1, -0.05) is 6.92 Å². The largest absolute Gasteiger partial charge is 0.438 e. The molecule has 0 heterocycles. The normalized spacial score (nSPS) is 39.0. The van der Waals surface area contributed by atoms with Crippen LogP contribution in [0.5, 0.6) is 0 Å². The molecule has 0 unspecified atom stereocenters. The monoisotopic (exact) mass is 280 g/mol. The highest BCUT2D eigenvalue weighted by Crippen LogP contribution is 2.57.